The summed E-state index contributed by atoms with van der Waals surface area (Å²) in [7, 11) is 1.36. The van der Waals surface area contributed by atoms with Crippen LogP contribution in [0.5, 0.6) is 17.2 Å². The van der Waals surface area contributed by atoms with E-state index in [0.717, 1.165) is 6.42 Å². The molecular formula is C23H30O6. The lowest BCUT2D eigenvalue weighted by Gasteiger charge is -2.37. The van der Waals surface area contributed by atoms with E-state index in [-0.39, 0.29) is 47.4 Å². The Labute approximate surface area is 171 Å². The van der Waals surface area contributed by atoms with E-state index in [1.54, 1.807) is 13.0 Å². The molecule has 0 spiro atoms. The maximum atomic E-state index is 13.1. The van der Waals surface area contributed by atoms with Gasteiger partial charge in [-0.3, -0.25) is 9.59 Å². The Balaban J connectivity index is 2.32. The summed E-state index contributed by atoms with van der Waals surface area (Å²) in [6, 6.07) is 0. The number of phenols is 1. The molecule has 2 heterocycles. The molecule has 3 atom stereocenters. The summed E-state index contributed by atoms with van der Waals surface area (Å²) < 4.78 is 17.3. The number of hydrogen-bond donors (Lipinski definition) is 1. The second kappa shape index (κ2) is 7.73. The number of fused-ring (bicyclic) bond motifs is 2. The Kier molecular flexibility index (Phi) is 5.65. The number of carbonyl (C=O) groups is 2. The zero-order valence-electron chi connectivity index (χ0n) is 18.0. The SMILES string of the molecule is CCCC(CC(=O)OC)c1c2c(c(O)c3c1OC(C)C(C)C3=O)C=CC(C)(C)O2. The predicted molar refractivity (Wildman–Crippen MR) is 110 cm³/mol. The quantitative estimate of drug-likeness (QED) is 0.724. The minimum atomic E-state index is -0.595. The van der Waals surface area contributed by atoms with E-state index < -0.39 is 5.60 Å². The van der Waals surface area contributed by atoms with Gasteiger partial charge in [0.05, 0.1) is 25.0 Å². The Morgan fingerprint density at radius 1 is 1.31 bits per heavy atom. The largest absolute Gasteiger partial charge is 0.506 e. The third kappa shape index (κ3) is 3.72. The predicted octanol–water partition coefficient (Wildman–Crippen LogP) is 4.62. The van der Waals surface area contributed by atoms with Crippen LogP contribution in [-0.2, 0) is 9.53 Å². The first-order valence-corrected chi connectivity index (χ1v) is 10.2. The van der Waals surface area contributed by atoms with Crippen molar-refractivity contribution in [2.24, 2.45) is 5.92 Å². The topological polar surface area (TPSA) is 82.1 Å². The van der Waals surface area contributed by atoms with E-state index in [9.17, 15) is 14.7 Å². The van der Waals surface area contributed by atoms with Crippen molar-refractivity contribution in [1.29, 1.82) is 0 Å². The summed E-state index contributed by atoms with van der Waals surface area (Å²) >= 11 is 0. The summed E-state index contributed by atoms with van der Waals surface area (Å²) in [5.41, 5.74) is 0.720. The van der Waals surface area contributed by atoms with Crippen molar-refractivity contribution in [3.05, 3.63) is 22.8 Å². The smallest absolute Gasteiger partial charge is 0.306 e. The van der Waals surface area contributed by atoms with Gasteiger partial charge in [0.15, 0.2) is 5.78 Å². The molecule has 0 radical (unpaired) electrons. The highest BCUT2D eigenvalue weighted by Crippen LogP contribution is 2.53. The summed E-state index contributed by atoms with van der Waals surface area (Å²) in [6.07, 6.45) is 4.94. The fraction of sp³-hybridized carbons (Fsp3) is 0.565. The van der Waals surface area contributed by atoms with Gasteiger partial charge in [-0.15, -0.1) is 0 Å². The fourth-order valence-corrected chi connectivity index (χ4v) is 4.01. The highest BCUT2D eigenvalue weighted by atomic mass is 16.5. The minimum Gasteiger partial charge on any atom is -0.506 e. The van der Waals surface area contributed by atoms with E-state index in [4.69, 9.17) is 14.2 Å². The summed E-state index contributed by atoms with van der Waals surface area (Å²) in [5, 5.41) is 11.0. The van der Waals surface area contributed by atoms with Crippen LogP contribution in [-0.4, -0.2) is 35.7 Å². The molecule has 0 amide bonds. The highest BCUT2D eigenvalue weighted by molar-refractivity contribution is 6.06. The minimum absolute atomic E-state index is 0.123. The number of ether oxygens (including phenoxy) is 3. The molecule has 2 aliphatic heterocycles. The second-order valence-electron chi connectivity index (χ2n) is 8.49. The molecule has 29 heavy (non-hydrogen) atoms. The first-order chi connectivity index (χ1) is 13.6. The molecule has 0 saturated heterocycles. The number of esters is 1. The number of aromatic hydroxyl groups is 1. The molecule has 3 unspecified atom stereocenters. The number of carbonyl (C=O) groups excluding carboxylic acids is 2. The monoisotopic (exact) mass is 402 g/mol. The van der Waals surface area contributed by atoms with Crippen molar-refractivity contribution in [1.82, 2.24) is 0 Å². The van der Waals surface area contributed by atoms with Crippen molar-refractivity contribution >= 4 is 17.8 Å². The Morgan fingerprint density at radius 3 is 2.62 bits per heavy atom. The van der Waals surface area contributed by atoms with Crippen LogP contribution in [0.15, 0.2) is 6.08 Å². The molecule has 1 aromatic carbocycles. The van der Waals surface area contributed by atoms with Gasteiger partial charge in [-0.1, -0.05) is 20.3 Å². The van der Waals surface area contributed by atoms with Crippen molar-refractivity contribution < 1.29 is 28.9 Å². The third-order valence-electron chi connectivity index (χ3n) is 5.82. The fourth-order valence-electron chi connectivity index (χ4n) is 4.01. The normalized spacial score (nSPS) is 22.8. The lowest BCUT2D eigenvalue weighted by Crippen LogP contribution is -2.36. The van der Waals surface area contributed by atoms with Crippen LogP contribution in [0.3, 0.4) is 0 Å². The third-order valence-corrected chi connectivity index (χ3v) is 5.82. The first kappa shape index (κ1) is 21.2. The Hall–Kier alpha value is -2.50. The standard InChI is InChI=1S/C23H30O6/c1-7-8-14(11-16(24)27-6)17-21-15(9-10-23(4,5)29-21)20(26)18-19(25)12(2)13(3)28-22(17)18/h9-10,12-14,26H,7-8,11H2,1-6H3. The number of hydrogen-bond acceptors (Lipinski definition) is 6. The molecule has 0 bridgehead atoms. The zero-order chi connectivity index (χ0) is 21.5. The molecular weight excluding hydrogens is 372 g/mol. The summed E-state index contributed by atoms with van der Waals surface area (Å²) in [6.45, 7) is 9.50. The number of benzene rings is 1. The van der Waals surface area contributed by atoms with Gasteiger partial charge in [0.2, 0.25) is 0 Å². The van der Waals surface area contributed by atoms with E-state index in [2.05, 4.69) is 0 Å². The van der Waals surface area contributed by atoms with E-state index >= 15 is 0 Å². The van der Waals surface area contributed by atoms with E-state index in [1.807, 2.05) is 33.8 Å². The molecule has 2 aliphatic rings. The molecule has 6 heteroatoms. The van der Waals surface area contributed by atoms with Gasteiger partial charge in [-0.05, 0) is 39.3 Å². The van der Waals surface area contributed by atoms with Crippen LogP contribution in [0, 0.1) is 5.92 Å². The van der Waals surface area contributed by atoms with Crippen LogP contribution >= 0.6 is 0 Å². The van der Waals surface area contributed by atoms with Crippen molar-refractivity contribution in [3.63, 3.8) is 0 Å². The second-order valence-corrected chi connectivity index (χ2v) is 8.49. The number of ketones is 1. The average molecular weight is 402 g/mol. The van der Waals surface area contributed by atoms with E-state index in [0.29, 0.717) is 29.0 Å². The van der Waals surface area contributed by atoms with Crippen LogP contribution in [0.25, 0.3) is 6.08 Å². The zero-order valence-corrected chi connectivity index (χ0v) is 18.0. The molecule has 3 rings (SSSR count). The van der Waals surface area contributed by atoms with Gasteiger partial charge < -0.3 is 19.3 Å². The molecule has 0 aromatic heterocycles. The molecule has 1 N–H and O–H groups in total. The highest BCUT2D eigenvalue weighted by Gasteiger charge is 2.42. The summed E-state index contributed by atoms with van der Waals surface area (Å²) in [4.78, 5) is 25.2. The average Bonchev–Trinajstić information content (AvgIpc) is 2.65. The van der Waals surface area contributed by atoms with Gasteiger partial charge in [0.1, 0.15) is 34.5 Å². The number of methoxy groups -OCH3 is 1. The first-order valence-electron chi connectivity index (χ1n) is 10.2. The number of phenolic OH excluding ortho intramolecular Hbond substituents is 1. The maximum absolute atomic E-state index is 13.1. The number of rotatable bonds is 5. The van der Waals surface area contributed by atoms with Crippen molar-refractivity contribution in [2.75, 3.05) is 7.11 Å². The molecule has 1 aromatic rings. The van der Waals surface area contributed by atoms with Gasteiger partial charge >= 0.3 is 5.97 Å². The van der Waals surface area contributed by atoms with Crippen LogP contribution < -0.4 is 9.47 Å². The van der Waals surface area contributed by atoms with Gasteiger partial charge in [-0.25, -0.2) is 0 Å². The summed E-state index contributed by atoms with van der Waals surface area (Å²) in [5.74, 6) is -0.445. The lowest BCUT2D eigenvalue weighted by atomic mass is 9.81. The van der Waals surface area contributed by atoms with Crippen LogP contribution in [0.4, 0.5) is 0 Å². The Bertz CT molecular complexity index is 867. The van der Waals surface area contributed by atoms with E-state index in [1.165, 1.54) is 7.11 Å². The van der Waals surface area contributed by atoms with Crippen LogP contribution in [0.2, 0.25) is 0 Å². The van der Waals surface area contributed by atoms with Crippen LogP contribution in [0.1, 0.15) is 81.3 Å². The molecule has 0 aliphatic carbocycles. The Morgan fingerprint density at radius 2 is 2.00 bits per heavy atom. The van der Waals surface area contributed by atoms with Crippen molar-refractivity contribution in [3.8, 4) is 17.2 Å². The van der Waals surface area contributed by atoms with Gasteiger partial charge in [0, 0.05) is 11.5 Å². The van der Waals surface area contributed by atoms with Gasteiger partial charge in [-0.2, -0.15) is 0 Å². The van der Waals surface area contributed by atoms with Gasteiger partial charge in [0.25, 0.3) is 0 Å². The lowest BCUT2D eigenvalue weighted by molar-refractivity contribution is -0.141. The maximum Gasteiger partial charge on any atom is 0.306 e. The van der Waals surface area contributed by atoms with Crippen molar-refractivity contribution in [2.45, 2.75) is 71.5 Å². The molecule has 158 valence electrons. The molecule has 6 nitrogen and oxygen atoms in total. The molecule has 0 saturated carbocycles. The number of Topliss-reactive ketones (excluding diaryl/α,β-unsaturated/α-hetero) is 1. The molecule has 0 fully saturated rings.